The minimum absolute atomic E-state index is 0. The second-order valence-corrected chi connectivity index (χ2v) is 4.31. The Labute approximate surface area is 102 Å². The lowest BCUT2D eigenvalue weighted by molar-refractivity contribution is 0.0951. The van der Waals surface area contributed by atoms with E-state index in [-0.39, 0.29) is 18.3 Å². The highest BCUT2D eigenvalue weighted by Crippen LogP contribution is 2.36. The van der Waals surface area contributed by atoms with E-state index in [0.29, 0.717) is 17.2 Å². The highest BCUT2D eigenvalue weighted by atomic mass is 35.5. The summed E-state index contributed by atoms with van der Waals surface area (Å²) >= 11 is 0. The number of rotatable bonds is 3. The highest BCUT2D eigenvalue weighted by Gasteiger charge is 2.32. The van der Waals surface area contributed by atoms with Crippen molar-refractivity contribution in [1.82, 2.24) is 5.32 Å². The summed E-state index contributed by atoms with van der Waals surface area (Å²) in [4.78, 5) is 11.6. The first-order valence-corrected chi connectivity index (χ1v) is 5.30. The van der Waals surface area contributed by atoms with E-state index in [4.69, 9.17) is 5.73 Å². The third-order valence-electron chi connectivity index (χ3n) is 2.97. The fourth-order valence-corrected chi connectivity index (χ4v) is 1.64. The van der Waals surface area contributed by atoms with Crippen LogP contribution in [0.3, 0.4) is 0 Å². The Morgan fingerprint density at radius 1 is 1.44 bits per heavy atom. The molecule has 0 bridgehead atoms. The van der Waals surface area contributed by atoms with Crippen LogP contribution in [0.1, 0.15) is 23.7 Å². The molecule has 1 aromatic carbocycles. The van der Waals surface area contributed by atoms with Gasteiger partial charge in [0.1, 0.15) is 0 Å². The number of hydrogen-bond acceptors (Lipinski definition) is 2. The zero-order valence-electron chi connectivity index (χ0n) is 9.27. The summed E-state index contributed by atoms with van der Waals surface area (Å²) in [5.74, 6) is 1.45. The standard InChI is InChI=1S/C12H16N2O.ClH/c1-8-6-10(8)7-14-12(15)9-2-4-11(13)5-3-9;/h2-5,8,10H,6-7,13H2,1H3,(H,14,15);1H. The van der Waals surface area contributed by atoms with Crippen LogP contribution in [-0.2, 0) is 0 Å². The third-order valence-corrected chi connectivity index (χ3v) is 2.97. The van der Waals surface area contributed by atoms with Crippen LogP contribution in [0.25, 0.3) is 0 Å². The summed E-state index contributed by atoms with van der Waals surface area (Å²) in [7, 11) is 0. The van der Waals surface area contributed by atoms with Gasteiger partial charge in [0, 0.05) is 17.8 Å². The van der Waals surface area contributed by atoms with E-state index >= 15 is 0 Å². The predicted octanol–water partition coefficient (Wildman–Crippen LogP) is 2.08. The van der Waals surface area contributed by atoms with Crippen LogP contribution >= 0.6 is 12.4 Å². The van der Waals surface area contributed by atoms with Crippen molar-refractivity contribution < 1.29 is 4.79 Å². The van der Waals surface area contributed by atoms with Crippen molar-refractivity contribution in [2.45, 2.75) is 13.3 Å². The monoisotopic (exact) mass is 240 g/mol. The number of carbonyl (C=O) groups is 1. The van der Waals surface area contributed by atoms with Crippen molar-refractivity contribution in [3.8, 4) is 0 Å². The first kappa shape index (κ1) is 12.8. The van der Waals surface area contributed by atoms with Gasteiger partial charge in [-0.2, -0.15) is 0 Å². The van der Waals surface area contributed by atoms with Crippen LogP contribution in [0, 0.1) is 11.8 Å². The summed E-state index contributed by atoms with van der Waals surface area (Å²) in [6.07, 6.45) is 1.24. The first-order valence-electron chi connectivity index (χ1n) is 5.30. The molecule has 3 nitrogen and oxygen atoms in total. The molecule has 0 radical (unpaired) electrons. The minimum Gasteiger partial charge on any atom is -0.399 e. The molecule has 2 rings (SSSR count). The summed E-state index contributed by atoms with van der Waals surface area (Å²) in [6.45, 7) is 3.00. The Morgan fingerprint density at radius 2 is 2.00 bits per heavy atom. The maximum absolute atomic E-state index is 11.6. The molecule has 1 aromatic rings. The Bertz CT molecular complexity index is 364. The fourth-order valence-electron chi connectivity index (χ4n) is 1.64. The second-order valence-electron chi connectivity index (χ2n) is 4.31. The molecule has 4 heteroatoms. The summed E-state index contributed by atoms with van der Waals surface area (Å²) < 4.78 is 0. The van der Waals surface area contributed by atoms with E-state index in [0.717, 1.165) is 12.5 Å². The van der Waals surface area contributed by atoms with Crippen molar-refractivity contribution in [1.29, 1.82) is 0 Å². The van der Waals surface area contributed by atoms with Gasteiger partial charge in [0.15, 0.2) is 0 Å². The van der Waals surface area contributed by atoms with E-state index in [1.807, 2.05) is 0 Å². The second kappa shape index (κ2) is 5.21. The Balaban J connectivity index is 0.00000128. The lowest BCUT2D eigenvalue weighted by Gasteiger charge is -2.04. The number of benzene rings is 1. The maximum Gasteiger partial charge on any atom is 0.251 e. The number of halogens is 1. The molecule has 3 N–H and O–H groups in total. The van der Waals surface area contributed by atoms with Gasteiger partial charge in [-0.25, -0.2) is 0 Å². The van der Waals surface area contributed by atoms with Crippen LogP contribution in [0.4, 0.5) is 5.69 Å². The van der Waals surface area contributed by atoms with E-state index in [1.165, 1.54) is 6.42 Å². The first-order chi connectivity index (χ1) is 7.16. The molecule has 1 saturated carbocycles. The largest absolute Gasteiger partial charge is 0.399 e. The number of amides is 1. The van der Waals surface area contributed by atoms with Crippen LogP contribution in [0.2, 0.25) is 0 Å². The molecule has 0 spiro atoms. The zero-order chi connectivity index (χ0) is 10.8. The smallest absolute Gasteiger partial charge is 0.251 e. The molecule has 2 unspecified atom stereocenters. The SMILES string of the molecule is CC1CC1CNC(=O)c1ccc(N)cc1.Cl. The van der Waals surface area contributed by atoms with E-state index < -0.39 is 0 Å². The lowest BCUT2D eigenvalue weighted by atomic mass is 10.2. The Morgan fingerprint density at radius 3 is 2.50 bits per heavy atom. The molecular formula is C12H17ClN2O. The molecule has 0 saturated heterocycles. The normalized spacial score (nSPS) is 22.1. The van der Waals surface area contributed by atoms with Crippen molar-refractivity contribution in [2.24, 2.45) is 11.8 Å². The quantitative estimate of drug-likeness (QED) is 0.795. The Hall–Kier alpha value is -1.22. The van der Waals surface area contributed by atoms with E-state index in [1.54, 1.807) is 24.3 Å². The highest BCUT2D eigenvalue weighted by molar-refractivity contribution is 5.94. The number of carbonyl (C=O) groups excluding carboxylic acids is 1. The topological polar surface area (TPSA) is 55.1 Å². The maximum atomic E-state index is 11.6. The predicted molar refractivity (Wildman–Crippen MR) is 67.7 cm³/mol. The van der Waals surface area contributed by atoms with Crippen LogP contribution < -0.4 is 11.1 Å². The molecule has 1 aliphatic rings. The van der Waals surface area contributed by atoms with Gasteiger partial charge in [0.05, 0.1) is 0 Å². The number of hydrogen-bond donors (Lipinski definition) is 2. The number of nitrogen functional groups attached to an aromatic ring is 1. The van der Waals surface area contributed by atoms with Gasteiger partial charge < -0.3 is 11.1 Å². The minimum atomic E-state index is -0.00546. The molecule has 2 atom stereocenters. The summed E-state index contributed by atoms with van der Waals surface area (Å²) in [5.41, 5.74) is 6.91. The van der Waals surface area contributed by atoms with Gasteiger partial charge in [-0.1, -0.05) is 6.92 Å². The van der Waals surface area contributed by atoms with Crippen molar-refractivity contribution in [3.63, 3.8) is 0 Å². The molecule has 0 heterocycles. The molecule has 16 heavy (non-hydrogen) atoms. The van der Waals surface area contributed by atoms with Crippen molar-refractivity contribution in [2.75, 3.05) is 12.3 Å². The average Bonchev–Trinajstić information content (AvgIpc) is 2.92. The van der Waals surface area contributed by atoms with Gasteiger partial charge >= 0.3 is 0 Å². The summed E-state index contributed by atoms with van der Waals surface area (Å²) in [6, 6.07) is 6.99. The van der Waals surface area contributed by atoms with Crippen LogP contribution in [0.5, 0.6) is 0 Å². The number of nitrogens with one attached hydrogen (secondary N) is 1. The van der Waals surface area contributed by atoms with E-state index in [9.17, 15) is 4.79 Å². The average molecular weight is 241 g/mol. The molecule has 1 amide bonds. The summed E-state index contributed by atoms with van der Waals surface area (Å²) in [5, 5.41) is 2.93. The van der Waals surface area contributed by atoms with Gasteiger partial charge in [0.2, 0.25) is 0 Å². The molecule has 1 fully saturated rings. The van der Waals surface area contributed by atoms with Gasteiger partial charge in [-0.05, 0) is 42.5 Å². The van der Waals surface area contributed by atoms with E-state index in [2.05, 4.69) is 12.2 Å². The molecule has 0 aliphatic heterocycles. The molecular weight excluding hydrogens is 224 g/mol. The van der Waals surface area contributed by atoms with Gasteiger partial charge in [-0.3, -0.25) is 4.79 Å². The zero-order valence-corrected chi connectivity index (χ0v) is 10.1. The molecule has 88 valence electrons. The molecule has 0 aromatic heterocycles. The lowest BCUT2D eigenvalue weighted by Crippen LogP contribution is -2.25. The van der Waals surface area contributed by atoms with Crippen LogP contribution in [0.15, 0.2) is 24.3 Å². The van der Waals surface area contributed by atoms with Crippen molar-refractivity contribution in [3.05, 3.63) is 29.8 Å². The van der Waals surface area contributed by atoms with Crippen LogP contribution in [-0.4, -0.2) is 12.5 Å². The Kier molecular flexibility index (Phi) is 4.19. The fraction of sp³-hybridized carbons (Fsp3) is 0.417. The van der Waals surface area contributed by atoms with Crippen molar-refractivity contribution >= 4 is 24.0 Å². The number of anilines is 1. The number of nitrogens with two attached hydrogens (primary N) is 1. The molecule has 1 aliphatic carbocycles. The van der Waals surface area contributed by atoms with Gasteiger partial charge in [-0.15, -0.1) is 12.4 Å². The third kappa shape index (κ3) is 3.14. The van der Waals surface area contributed by atoms with Gasteiger partial charge in [0.25, 0.3) is 5.91 Å².